The van der Waals surface area contributed by atoms with E-state index in [1.165, 1.54) is 33.7 Å². The molecule has 172 valence electrons. The van der Waals surface area contributed by atoms with Crippen molar-refractivity contribution in [2.75, 3.05) is 11.4 Å². The van der Waals surface area contributed by atoms with Gasteiger partial charge in [-0.15, -0.1) is 5.10 Å². The molecule has 0 spiro atoms. The molecule has 0 radical (unpaired) electrons. The standard InChI is InChI=1S/C23H21ClF2N4O3/c1-4-28-20(11-31)27-30(23(28)33)19-9-13-14(8-18(19)26)22(32)29(10-15(13)12(2)3)21-16(24)6-5-7-17(21)25/h5-9,15,31H,2,4,10-11H2,1,3H3/t15-/m1/s1. The summed E-state index contributed by atoms with van der Waals surface area (Å²) < 4.78 is 31.9. The SMILES string of the molecule is C=C(C)[C@H]1CN(c2c(F)cccc2Cl)C(=O)c2cc(F)c(-n3nc(CO)n(CC)c3=O)cc21. The van der Waals surface area contributed by atoms with Gasteiger partial charge in [0.05, 0.1) is 10.7 Å². The number of carbonyl (C=O) groups is 1. The molecule has 0 bridgehead atoms. The quantitative estimate of drug-likeness (QED) is 0.570. The Kier molecular flexibility index (Phi) is 5.94. The molecule has 7 nitrogen and oxygen atoms in total. The maximum Gasteiger partial charge on any atom is 0.350 e. The van der Waals surface area contributed by atoms with Crippen LogP contribution < -0.4 is 10.6 Å². The van der Waals surface area contributed by atoms with Gasteiger partial charge in [-0.2, -0.15) is 4.68 Å². The van der Waals surface area contributed by atoms with E-state index in [9.17, 15) is 19.1 Å². The first-order chi connectivity index (χ1) is 15.7. The number of halogens is 3. The second kappa shape index (κ2) is 8.57. The molecule has 1 atom stereocenters. The third-order valence-corrected chi connectivity index (χ3v) is 6.07. The fourth-order valence-electron chi connectivity index (χ4n) is 4.11. The fourth-order valence-corrected chi connectivity index (χ4v) is 4.38. The number of fused-ring (bicyclic) bond motifs is 1. The zero-order chi connectivity index (χ0) is 24.0. The lowest BCUT2D eigenvalue weighted by Gasteiger charge is -2.35. The van der Waals surface area contributed by atoms with Crippen LogP contribution in [-0.2, 0) is 13.2 Å². The van der Waals surface area contributed by atoms with Crippen LogP contribution in [0.15, 0.2) is 47.3 Å². The highest BCUT2D eigenvalue weighted by Gasteiger charge is 2.36. The van der Waals surface area contributed by atoms with Gasteiger partial charge >= 0.3 is 5.69 Å². The zero-order valence-corrected chi connectivity index (χ0v) is 18.7. The maximum absolute atomic E-state index is 15.2. The minimum atomic E-state index is -0.864. The summed E-state index contributed by atoms with van der Waals surface area (Å²) in [6, 6.07) is 6.49. The highest BCUT2D eigenvalue weighted by molar-refractivity contribution is 6.34. The Labute approximate surface area is 193 Å². The number of hydrogen-bond donors (Lipinski definition) is 1. The Morgan fingerprint density at radius 1 is 1.27 bits per heavy atom. The van der Waals surface area contributed by atoms with Crippen LogP contribution >= 0.6 is 11.6 Å². The van der Waals surface area contributed by atoms with E-state index in [0.717, 1.165) is 10.7 Å². The average Bonchev–Trinajstić information content (AvgIpc) is 3.10. The molecule has 10 heteroatoms. The summed E-state index contributed by atoms with van der Waals surface area (Å²) in [7, 11) is 0. The minimum absolute atomic E-state index is 0.0141. The highest BCUT2D eigenvalue weighted by Crippen LogP contribution is 2.39. The molecular formula is C23H21ClF2N4O3. The number of nitrogens with zero attached hydrogens (tertiary/aromatic N) is 4. The molecule has 1 amide bonds. The van der Waals surface area contributed by atoms with E-state index in [2.05, 4.69) is 11.7 Å². The number of benzene rings is 2. The summed E-state index contributed by atoms with van der Waals surface area (Å²) in [5.41, 5.74) is 0.250. The molecule has 1 N–H and O–H groups in total. The topological polar surface area (TPSA) is 80.4 Å². The van der Waals surface area contributed by atoms with E-state index >= 15 is 4.39 Å². The fraction of sp³-hybridized carbons (Fsp3) is 0.261. The van der Waals surface area contributed by atoms with Gasteiger partial charge in [-0.25, -0.2) is 13.6 Å². The second-order valence-corrected chi connectivity index (χ2v) is 8.20. The molecule has 33 heavy (non-hydrogen) atoms. The molecule has 1 aromatic heterocycles. The molecule has 3 aromatic rings. The number of aromatic nitrogens is 3. The largest absolute Gasteiger partial charge is 0.388 e. The first kappa shape index (κ1) is 22.9. The maximum atomic E-state index is 15.2. The molecule has 2 heterocycles. The van der Waals surface area contributed by atoms with Crippen molar-refractivity contribution in [1.82, 2.24) is 14.3 Å². The third-order valence-electron chi connectivity index (χ3n) is 5.76. The Morgan fingerprint density at radius 3 is 2.58 bits per heavy atom. The number of aliphatic hydroxyl groups excluding tert-OH is 1. The Morgan fingerprint density at radius 2 is 2.00 bits per heavy atom. The molecule has 4 rings (SSSR count). The van der Waals surface area contributed by atoms with Crippen LogP contribution in [0, 0.1) is 11.6 Å². The van der Waals surface area contributed by atoms with Crippen LogP contribution in [-0.4, -0.2) is 31.9 Å². The third kappa shape index (κ3) is 3.67. The summed E-state index contributed by atoms with van der Waals surface area (Å²) in [5, 5.41) is 13.6. The van der Waals surface area contributed by atoms with Gasteiger partial charge in [0.1, 0.15) is 23.9 Å². The van der Waals surface area contributed by atoms with Crippen molar-refractivity contribution < 1.29 is 18.7 Å². The Hall–Kier alpha value is -3.30. The summed E-state index contributed by atoms with van der Waals surface area (Å²) in [6.45, 7) is 7.22. The van der Waals surface area contributed by atoms with Crippen molar-refractivity contribution in [3.8, 4) is 5.69 Å². The number of hydrogen-bond acceptors (Lipinski definition) is 4. The van der Waals surface area contributed by atoms with E-state index in [4.69, 9.17) is 11.6 Å². The predicted molar refractivity (Wildman–Crippen MR) is 120 cm³/mol. The Bertz CT molecular complexity index is 1330. The van der Waals surface area contributed by atoms with Crippen molar-refractivity contribution in [2.24, 2.45) is 0 Å². The van der Waals surface area contributed by atoms with Crippen molar-refractivity contribution >= 4 is 23.2 Å². The molecule has 0 aliphatic carbocycles. The van der Waals surface area contributed by atoms with Crippen LogP contribution in [0.4, 0.5) is 14.5 Å². The molecule has 1 aliphatic heterocycles. The van der Waals surface area contributed by atoms with Crippen LogP contribution in [0.2, 0.25) is 5.02 Å². The van der Waals surface area contributed by atoms with Crippen molar-refractivity contribution in [2.45, 2.75) is 32.9 Å². The number of carbonyl (C=O) groups excluding carboxylic acids is 1. The molecule has 0 saturated heterocycles. The van der Waals surface area contributed by atoms with E-state index in [0.29, 0.717) is 11.1 Å². The second-order valence-electron chi connectivity index (χ2n) is 7.79. The lowest BCUT2D eigenvalue weighted by atomic mass is 9.84. The predicted octanol–water partition coefficient (Wildman–Crippen LogP) is 3.80. The zero-order valence-electron chi connectivity index (χ0n) is 18.0. The van der Waals surface area contributed by atoms with E-state index in [-0.39, 0.29) is 40.9 Å². The van der Waals surface area contributed by atoms with E-state index in [1.807, 2.05) is 0 Å². The number of anilines is 1. The number of para-hydroxylation sites is 1. The van der Waals surface area contributed by atoms with Crippen molar-refractivity contribution in [3.63, 3.8) is 0 Å². The van der Waals surface area contributed by atoms with E-state index < -0.39 is 35.8 Å². The molecule has 0 saturated carbocycles. The van der Waals surface area contributed by atoms with Crippen molar-refractivity contribution in [1.29, 1.82) is 0 Å². The van der Waals surface area contributed by atoms with Crippen LogP contribution in [0.5, 0.6) is 0 Å². The molecule has 0 unspecified atom stereocenters. The van der Waals surface area contributed by atoms with Gasteiger partial charge in [0.25, 0.3) is 5.91 Å². The van der Waals surface area contributed by atoms with Gasteiger partial charge in [0.15, 0.2) is 5.82 Å². The Balaban J connectivity index is 1.91. The lowest BCUT2D eigenvalue weighted by Crippen LogP contribution is -2.41. The molecule has 2 aromatic carbocycles. The van der Waals surface area contributed by atoms with Gasteiger partial charge in [-0.05, 0) is 43.7 Å². The molecular weight excluding hydrogens is 454 g/mol. The molecule has 0 fully saturated rings. The van der Waals surface area contributed by atoms with Gasteiger partial charge in [-0.3, -0.25) is 9.36 Å². The first-order valence-corrected chi connectivity index (χ1v) is 10.6. The highest BCUT2D eigenvalue weighted by atomic mass is 35.5. The monoisotopic (exact) mass is 474 g/mol. The van der Waals surface area contributed by atoms with Gasteiger partial charge in [0, 0.05) is 24.6 Å². The number of aliphatic hydroxyl groups is 1. The average molecular weight is 475 g/mol. The van der Waals surface area contributed by atoms with Gasteiger partial charge < -0.3 is 10.0 Å². The van der Waals surface area contributed by atoms with E-state index in [1.54, 1.807) is 13.8 Å². The summed E-state index contributed by atoms with van der Waals surface area (Å²) >= 11 is 6.18. The summed E-state index contributed by atoms with van der Waals surface area (Å²) in [6.07, 6.45) is 0. The summed E-state index contributed by atoms with van der Waals surface area (Å²) in [5.74, 6) is -2.55. The number of amides is 1. The smallest absolute Gasteiger partial charge is 0.350 e. The van der Waals surface area contributed by atoms with Crippen molar-refractivity contribution in [3.05, 3.63) is 86.6 Å². The van der Waals surface area contributed by atoms with Gasteiger partial charge in [-0.1, -0.05) is 29.8 Å². The lowest BCUT2D eigenvalue weighted by molar-refractivity contribution is 0.0976. The van der Waals surface area contributed by atoms with Crippen LogP contribution in [0.3, 0.4) is 0 Å². The van der Waals surface area contributed by atoms with Crippen LogP contribution in [0.1, 0.15) is 41.5 Å². The number of rotatable bonds is 5. The minimum Gasteiger partial charge on any atom is -0.388 e. The normalized spacial score (nSPS) is 15.6. The molecule has 1 aliphatic rings. The first-order valence-electron chi connectivity index (χ1n) is 10.2. The van der Waals surface area contributed by atoms with Crippen LogP contribution in [0.25, 0.3) is 5.69 Å². The summed E-state index contributed by atoms with van der Waals surface area (Å²) in [4.78, 5) is 27.2. The van der Waals surface area contributed by atoms with Gasteiger partial charge in [0.2, 0.25) is 0 Å².